The van der Waals surface area contributed by atoms with Crippen molar-refractivity contribution in [1.82, 2.24) is 15.5 Å². The van der Waals surface area contributed by atoms with Crippen molar-refractivity contribution in [3.05, 3.63) is 0 Å². The topological polar surface area (TPSA) is 105 Å². The standard InChI is InChI=1S/C17H25N3O5/c1-11(14(22)18-12-6-2-3-7-12)25-13(21)10-20-15(23)17(19-16(20)24)8-4-5-9-17/h11-12H,2-10H2,1H3,(H,18,22)(H,19,24)/t11-/m1/s1. The van der Waals surface area contributed by atoms with Crippen molar-refractivity contribution in [1.29, 1.82) is 0 Å². The average Bonchev–Trinajstić information content (AvgIpc) is 3.27. The Morgan fingerprint density at radius 1 is 1.24 bits per heavy atom. The molecule has 3 aliphatic rings. The van der Waals surface area contributed by atoms with Crippen LogP contribution in [0.3, 0.4) is 0 Å². The lowest BCUT2D eigenvalue weighted by Crippen LogP contribution is -2.45. The molecule has 3 rings (SSSR count). The Labute approximate surface area is 146 Å². The third kappa shape index (κ3) is 3.62. The first kappa shape index (κ1) is 17.7. The fourth-order valence-corrected chi connectivity index (χ4v) is 3.94. The van der Waals surface area contributed by atoms with Crippen LogP contribution in [0.15, 0.2) is 0 Å². The number of nitrogens with one attached hydrogen (secondary N) is 2. The Kier molecular flexibility index (Phi) is 4.96. The third-order valence-corrected chi connectivity index (χ3v) is 5.37. The van der Waals surface area contributed by atoms with Crippen LogP contribution in [0.1, 0.15) is 58.3 Å². The van der Waals surface area contributed by atoms with Gasteiger partial charge >= 0.3 is 12.0 Å². The van der Waals surface area contributed by atoms with E-state index in [1.54, 1.807) is 0 Å². The fourth-order valence-electron chi connectivity index (χ4n) is 3.94. The monoisotopic (exact) mass is 351 g/mol. The second-order valence-electron chi connectivity index (χ2n) is 7.23. The second-order valence-corrected chi connectivity index (χ2v) is 7.23. The Morgan fingerprint density at radius 3 is 2.52 bits per heavy atom. The number of urea groups is 1. The molecule has 0 unspecified atom stereocenters. The number of carbonyl (C=O) groups is 4. The van der Waals surface area contributed by atoms with Gasteiger partial charge in [0.2, 0.25) is 0 Å². The molecular weight excluding hydrogens is 326 g/mol. The van der Waals surface area contributed by atoms with Gasteiger partial charge in [-0.05, 0) is 32.6 Å². The molecule has 2 N–H and O–H groups in total. The van der Waals surface area contributed by atoms with E-state index >= 15 is 0 Å². The molecule has 8 heteroatoms. The summed E-state index contributed by atoms with van der Waals surface area (Å²) in [6.45, 7) is 1.03. The van der Waals surface area contributed by atoms with Crippen molar-refractivity contribution >= 4 is 23.8 Å². The fraction of sp³-hybridized carbons (Fsp3) is 0.765. The van der Waals surface area contributed by atoms with Crippen LogP contribution < -0.4 is 10.6 Å². The first-order valence-electron chi connectivity index (χ1n) is 9.05. The smallest absolute Gasteiger partial charge is 0.327 e. The van der Waals surface area contributed by atoms with Crippen LogP contribution in [0.25, 0.3) is 0 Å². The molecule has 8 nitrogen and oxygen atoms in total. The molecule has 138 valence electrons. The van der Waals surface area contributed by atoms with E-state index in [9.17, 15) is 19.2 Å². The van der Waals surface area contributed by atoms with Gasteiger partial charge in [-0.25, -0.2) is 4.79 Å². The molecule has 1 atom stereocenters. The zero-order chi connectivity index (χ0) is 18.0. The molecule has 2 aliphatic carbocycles. The van der Waals surface area contributed by atoms with Crippen molar-refractivity contribution < 1.29 is 23.9 Å². The van der Waals surface area contributed by atoms with E-state index in [4.69, 9.17) is 4.74 Å². The number of ether oxygens (including phenoxy) is 1. The van der Waals surface area contributed by atoms with E-state index in [0.717, 1.165) is 43.4 Å². The molecule has 0 aromatic carbocycles. The maximum atomic E-state index is 12.5. The molecule has 0 radical (unpaired) electrons. The van der Waals surface area contributed by atoms with Crippen LogP contribution in [0.2, 0.25) is 0 Å². The van der Waals surface area contributed by atoms with Crippen LogP contribution in [-0.4, -0.2) is 52.9 Å². The summed E-state index contributed by atoms with van der Waals surface area (Å²) in [5.41, 5.74) is -0.844. The maximum absolute atomic E-state index is 12.5. The van der Waals surface area contributed by atoms with Crippen LogP contribution in [0.4, 0.5) is 4.79 Å². The molecule has 3 fully saturated rings. The number of nitrogens with zero attached hydrogens (tertiary/aromatic N) is 1. The summed E-state index contributed by atoms with van der Waals surface area (Å²) in [5, 5.41) is 5.57. The van der Waals surface area contributed by atoms with Crippen LogP contribution in [0.5, 0.6) is 0 Å². The van der Waals surface area contributed by atoms with Gasteiger partial charge in [0.05, 0.1) is 0 Å². The maximum Gasteiger partial charge on any atom is 0.327 e. The number of imide groups is 1. The van der Waals surface area contributed by atoms with E-state index in [1.165, 1.54) is 6.92 Å². The van der Waals surface area contributed by atoms with Crippen LogP contribution in [0, 0.1) is 0 Å². The Balaban J connectivity index is 1.50. The van der Waals surface area contributed by atoms with Gasteiger partial charge in [0, 0.05) is 6.04 Å². The highest BCUT2D eigenvalue weighted by Crippen LogP contribution is 2.34. The van der Waals surface area contributed by atoms with Crippen molar-refractivity contribution in [3.8, 4) is 0 Å². The van der Waals surface area contributed by atoms with E-state index in [1.807, 2.05) is 0 Å². The summed E-state index contributed by atoms with van der Waals surface area (Å²) in [6, 6.07) is -0.422. The zero-order valence-electron chi connectivity index (χ0n) is 14.5. The van der Waals surface area contributed by atoms with E-state index in [0.29, 0.717) is 12.8 Å². The van der Waals surface area contributed by atoms with Crippen LogP contribution in [-0.2, 0) is 19.1 Å². The quantitative estimate of drug-likeness (QED) is 0.564. The molecule has 2 saturated carbocycles. The summed E-state index contributed by atoms with van der Waals surface area (Å²) in [6.07, 6.45) is 6.07. The van der Waals surface area contributed by atoms with E-state index < -0.39 is 30.2 Å². The van der Waals surface area contributed by atoms with Crippen molar-refractivity contribution in [2.24, 2.45) is 0 Å². The Morgan fingerprint density at radius 2 is 1.88 bits per heavy atom. The Hall–Kier alpha value is -2.12. The summed E-state index contributed by atoms with van der Waals surface area (Å²) < 4.78 is 5.11. The molecular formula is C17H25N3O5. The lowest BCUT2D eigenvalue weighted by Gasteiger charge is -2.20. The molecule has 1 heterocycles. The van der Waals surface area contributed by atoms with Crippen LogP contribution >= 0.6 is 0 Å². The van der Waals surface area contributed by atoms with Gasteiger partial charge in [0.15, 0.2) is 6.10 Å². The molecule has 1 saturated heterocycles. The number of esters is 1. The normalized spacial score (nSPS) is 23.8. The largest absolute Gasteiger partial charge is 0.451 e. The average molecular weight is 351 g/mol. The van der Waals surface area contributed by atoms with Gasteiger partial charge in [0.25, 0.3) is 11.8 Å². The summed E-state index contributed by atoms with van der Waals surface area (Å²) >= 11 is 0. The minimum atomic E-state index is -0.950. The number of rotatable bonds is 5. The van der Waals surface area contributed by atoms with Gasteiger partial charge in [-0.15, -0.1) is 0 Å². The molecule has 0 aromatic rings. The number of carbonyl (C=O) groups excluding carboxylic acids is 4. The van der Waals surface area contributed by atoms with E-state index in [2.05, 4.69) is 10.6 Å². The Bertz CT molecular complexity index is 579. The molecule has 1 spiro atoms. The predicted octanol–water partition coefficient (Wildman–Crippen LogP) is 0.841. The lowest BCUT2D eigenvalue weighted by atomic mass is 9.98. The highest BCUT2D eigenvalue weighted by atomic mass is 16.5. The molecule has 25 heavy (non-hydrogen) atoms. The number of hydrogen-bond donors (Lipinski definition) is 2. The summed E-state index contributed by atoms with van der Waals surface area (Å²) in [4.78, 5) is 49.5. The zero-order valence-corrected chi connectivity index (χ0v) is 14.5. The van der Waals surface area contributed by atoms with Gasteiger partial charge in [0.1, 0.15) is 12.1 Å². The first-order valence-corrected chi connectivity index (χ1v) is 9.05. The summed E-state index contributed by atoms with van der Waals surface area (Å²) in [5.74, 6) is -1.47. The van der Waals surface area contributed by atoms with Gasteiger partial charge in [-0.3, -0.25) is 19.3 Å². The highest BCUT2D eigenvalue weighted by Gasteiger charge is 2.52. The van der Waals surface area contributed by atoms with E-state index in [-0.39, 0.29) is 17.9 Å². The molecule has 0 aromatic heterocycles. The van der Waals surface area contributed by atoms with Crippen molar-refractivity contribution in [3.63, 3.8) is 0 Å². The minimum absolute atomic E-state index is 0.141. The molecule has 1 aliphatic heterocycles. The molecule has 4 amide bonds. The summed E-state index contributed by atoms with van der Waals surface area (Å²) in [7, 11) is 0. The SMILES string of the molecule is C[C@@H](OC(=O)CN1C(=O)NC2(CCCC2)C1=O)C(=O)NC1CCCC1. The van der Waals surface area contributed by atoms with Gasteiger partial charge < -0.3 is 15.4 Å². The first-order chi connectivity index (χ1) is 11.9. The number of hydrogen-bond acceptors (Lipinski definition) is 5. The second kappa shape index (κ2) is 7.01. The number of amides is 4. The van der Waals surface area contributed by atoms with Gasteiger partial charge in [-0.1, -0.05) is 25.7 Å². The predicted molar refractivity (Wildman–Crippen MR) is 87.4 cm³/mol. The minimum Gasteiger partial charge on any atom is -0.451 e. The molecule has 0 bridgehead atoms. The van der Waals surface area contributed by atoms with Gasteiger partial charge in [-0.2, -0.15) is 0 Å². The third-order valence-electron chi connectivity index (χ3n) is 5.37. The highest BCUT2D eigenvalue weighted by molar-refractivity contribution is 6.08. The van der Waals surface area contributed by atoms with Crippen molar-refractivity contribution in [2.75, 3.05) is 6.54 Å². The lowest BCUT2D eigenvalue weighted by molar-refractivity contribution is -0.156. The van der Waals surface area contributed by atoms with Crippen molar-refractivity contribution in [2.45, 2.75) is 76.0 Å².